The van der Waals surface area contributed by atoms with Crippen LogP contribution in [0.5, 0.6) is 0 Å². The molecule has 0 aliphatic carbocycles. The Morgan fingerprint density at radius 2 is 1.85 bits per heavy atom. The third kappa shape index (κ3) is 3.62. The van der Waals surface area contributed by atoms with Crippen molar-refractivity contribution >= 4 is 26.0 Å². The average molecular weight is 455 g/mol. The minimum atomic E-state index is -3.62. The molecule has 9 nitrogen and oxygen atoms in total. The molecule has 0 bridgehead atoms. The standard InChI is InChI=1S/C16H15BrN4O5S/c17-13-5-4-12(25-13)16-19-18-14(26-16)10-20-9-11(3-6-15(20)22)27(23,24)21-7-1-2-8-21/h3-6,9H,1-2,7-8,10H2. The highest BCUT2D eigenvalue weighted by molar-refractivity contribution is 9.10. The van der Waals surface area contributed by atoms with Crippen molar-refractivity contribution in [3.8, 4) is 11.7 Å². The van der Waals surface area contributed by atoms with Crippen LogP contribution in [0, 0.1) is 0 Å². The fourth-order valence-corrected chi connectivity index (χ4v) is 4.70. The molecule has 0 atom stereocenters. The van der Waals surface area contributed by atoms with E-state index in [-0.39, 0.29) is 28.8 Å². The largest absolute Gasteiger partial charge is 0.444 e. The Labute approximate surface area is 162 Å². The first-order valence-electron chi connectivity index (χ1n) is 8.22. The maximum Gasteiger partial charge on any atom is 0.283 e. The highest BCUT2D eigenvalue weighted by Gasteiger charge is 2.27. The number of sulfonamides is 1. The summed E-state index contributed by atoms with van der Waals surface area (Å²) >= 11 is 3.19. The Morgan fingerprint density at radius 1 is 1.07 bits per heavy atom. The molecule has 1 fully saturated rings. The van der Waals surface area contributed by atoms with Crippen LogP contribution in [0.4, 0.5) is 0 Å². The van der Waals surface area contributed by atoms with Gasteiger partial charge in [-0.3, -0.25) is 4.79 Å². The Bertz CT molecular complexity index is 1130. The first kappa shape index (κ1) is 18.1. The molecule has 1 aliphatic heterocycles. The summed E-state index contributed by atoms with van der Waals surface area (Å²) in [5.74, 6) is 0.721. The first-order chi connectivity index (χ1) is 12.9. The van der Waals surface area contributed by atoms with Gasteiger partial charge >= 0.3 is 0 Å². The van der Waals surface area contributed by atoms with Gasteiger partial charge in [0.2, 0.25) is 15.9 Å². The molecule has 0 N–H and O–H groups in total. The predicted octanol–water partition coefficient (Wildman–Crippen LogP) is 2.09. The molecule has 3 aromatic heterocycles. The quantitative estimate of drug-likeness (QED) is 0.579. The number of nitrogens with zero attached hydrogens (tertiary/aromatic N) is 4. The topological polar surface area (TPSA) is 111 Å². The molecule has 1 aliphatic rings. The Balaban J connectivity index is 1.61. The van der Waals surface area contributed by atoms with Gasteiger partial charge in [0, 0.05) is 25.4 Å². The number of hydrogen-bond acceptors (Lipinski definition) is 7. The van der Waals surface area contributed by atoms with Crippen molar-refractivity contribution in [2.24, 2.45) is 0 Å². The fraction of sp³-hybridized carbons (Fsp3) is 0.312. The Kier molecular flexibility index (Phi) is 4.74. The molecular formula is C16H15BrN4O5S. The minimum absolute atomic E-state index is 0.0446. The van der Waals surface area contributed by atoms with Crippen molar-refractivity contribution in [3.63, 3.8) is 0 Å². The molecule has 4 heterocycles. The van der Waals surface area contributed by atoms with Crippen molar-refractivity contribution in [2.45, 2.75) is 24.3 Å². The number of pyridine rings is 1. The summed E-state index contributed by atoms with van der Waals surface area (Å²) in [5, 5.41) is 7.78. The summed E-state index contributed by atoms with van der Waals surface area (Å²) in [6, 6.07) is 5.91. The van der Waals surface area contributed by atoms with Crippen LogP contribution in [0.3, 0.4) is 0 Å². The Morgan fingerprint density at radius 3 is 2.56 bits per heavy atom. The number of aromatic nitrogens is 3. The maximum absolute atomic E-state index is 12.7. The summed E-state index contributed by atoms with van der Waals surface area (Å²) in [6.07, 6.45) is 2.99. The van der Waals surface area contributed by atoms with Crippen molar-refractivity contribution < 1.29 is 17.3 Å². The number of furan rings is 1. The average Bonchev–Trinajstić information content (AvgIpc) is 3.37. The van der Waals surface area contributed by atoms with Gasteiger partial charge in [0.15, 0.2) is 10.4 Å². The molecule has 0 unspecified atom stereocenters. The summed E-state index contributed by atoms with van der Waals surface area (Å²) in [7, 11) is -3.62. The van der Waals surface area contributed by atoms with E-state index >= 15 is 0 Å². The molecular weight excluding hydrogens is 440 g/mol. The second-order valence-corrected chi connectivity index (χ2v) is 8.77. The van der Waals surface area contributed by atoms with E-state index in [9.17, 15) is 13.2 Å². The fourth-order valence-electron chi connectivity index (χ4n) is 2.86. The van der Waals surface area contributed by atoms with Crippen LogP contribution in [0.25, 0.3) is 11.7 Å². The minimum Gasteiger partial charge on any atom is -0.444 e. The normalized spacial score (nSPS) is 15.4. The number of halogens is 1. The van der Waals surface area contributed by atoms with Crippen molar-refractivity contribution in [2.75, 3.05) is 13.1 Å². The highest BCUT2D eigenvalue weighted by Crippen LogP contribution is 2.24. The molecule has 1 saturated heterocycles. The molecule has 3 aromatic rings. The van der Waals surface area contributed by atoms with Crippen molar-refractivity contribution in [3.05, 3.63) is 51.4 Å². The van der Waals surface area contributed by atoms with Gasteiger partial charge in [-0.05, 0) is 47.0 Å². The van der Waals surface area contributed by atoms with Crippen LogP contribution in [0.2, 0.25) is 0 Å². The van der Waals surface area contributed by atoms with Gasteiger partial charge in [0.05, 0.1) is 4.90 Å². The van der Waals surface area contributed by atoms with Crippen LogP contribution < -0.4 is 5.56 Å². The van der Waals surface area contributed by atoms with Gasteiger partial charge in [-0.1, -0.05) is 0 Å². The van der Waals surface area contributed by atoms with Crippen molar-refractivity contribution in [1.29, 1.82) is 0 Å². The molecule has 0 saturated carbocycles. The monoisotopic (exact) mass is 454 g/mol. The van der Waals surface area contributed by atoms with Gasteiger partial charge in [0.1, 0.15) is 6.54 Å². The van der Waals surface area contributed by atoms with Crippen LogP contribution in [-0.2, 0) is 16.6 Å². The molecule has 0 radical (unpaired) electrons. The van der Waals surface area contributed by atoms with E-state index in [1.807, 2.05) is 0 Å². The summed E-state index contributed by atoms with van der Waals surface area (Å²) in [5.41, 5.74) is -0.365. The zero-order valence-electron chi connectivity index (χ0n) is 14.0. The molecule has 142 valence electrons. The Hall–Kier alpha value is -2.24. The molecule has 11 heteroatoms. The first-order valence-corrected chi connectivity index (χ1v) is 10.5. The van der Waals surface area contributed by atoms with E-state index in [1.165, 1.54) is 27.2 Å². The third-order valence-electron chi connectivity index (χ3n) is 4.22. The number of hydrogen-bond donors (Lipinski definition) is 0. The third-order valence-corrected chi connectivity index (χ3v) is 6.52. The van der Waals surface area contributed by atoms with E-state index in [4.69, 9.17) is 8.83 Å². The van der Waals surface area contributed by atoms with Gasteiger partial charge in [-0.15, -0.1) is 10.2 Å². The van der Waals surface area contributed by atoms with Crippen LogP contribution >= 0.6 is 15.9 Å². The van der Waals surface area contributed by atoms with E-state index in [2.05, 4.69) is 26.1 Å². The predicted molar refractivity (Wildman–Crippen MR) is 97.5 cm³/mol. The lowest BCUT2D eigenvalue weighted by Gasteiger charge is -2.16. The molecule has 0 amide bonds. The lowest BCUT2D eigenvalue weighted by Crippen LogP contribution is -2.29. The summed E-state index contributed by atoms with van der Waals surface area (Å²) < 4.78 is 39.4. The van der Waals surface area contributed by atoms with Crippen LogP contribution in [-0.4, -0.2) is 40.6 Å². The smallest absolute Gasteiger partial charge is 0.283 e. The second kappa shape index (κ2) is 7.06. The zero-order chi connectivity index (χ0) is 19.0. The molecule has 4 rings (SSSR count). The molecule has 27 heavy (non-hydrogen) atoms. The van der Waals surface area contributed by atoms with Gasteiger partial charge < -0.3 is 13.4 Å². The van der Waals surface area contributed by atoms with E-state index in [0.717, 1.165) is 12.8 Å². The molecule has 0 aromatic carbocycles. The highest BCUT2D eigenvalue weighted by atomic mass is 79.9. The maximum atomic E-state index is 12.7. The summed E-state index contributed by atoms with van der Waals surface area (Å²) in [4.78, 5) is 12.2. The molecule has 0 spiro atoms. The lowest BCUT2D eigenvalue weighted by atomic mass is 10.4. The van der Waals surface area contributed by atoms with Crippen LogP contribution in [0.1, 0.15) is 18.7 Å². The van der Waals surface area contributed by atoms with Gasteiger partial charge in [-0.25, -0.2) is 8.42 Å². The van der Waals surface area contributed by atoms with Crippen molar-refractivity contribution in [1.82, 2.24) is 19.1 Å². The second-order valence-electron chi connectivity index (χ2n) is 6.05. The summed E-state index contributed by atoms with van der Waals surface area (Å²) in [6.45, 7) is 0.942. The van der Waals surface area contributed by atoms with Gasteiger partial charge in [0.25, 0.3) is 11.4 Å². The van der Waals surface area contributed by atoms with E-state index in [1.54, 1.807) is 12.1 Å². The zero-order valence-corrected chi connectivity index (χ0v) is 16.4. The lowest BCUT2D eigenvalue weighted by molar-refractivity contribution is 0.458. The van der Waals surface area contributed by atoms with E-state index in [0.29, 0.717) is 23.5 Å². The SMILES string of the molecule is O=c1ccc(S(=O)(=O)N2CCCC2)cn1Cc1nnc(-c2ccc(Br)o2)o1. The van der Waals surface area contributed by atoms with Gasteiger partial charge in [-0.2, -0.15) is 4.31 Å². The number of rotatable bonds is 5. The van der Waals surface area contributed by atoms with E-state index < -0.39 is 10.0 Å². The van der Waals surface area contributed by atoms with Crippen LogP contribution in [0.15, 0.2) is 53.7 Å².